The number of nitrogens with two attached hydrogens (primary N) is 1. The van der Waals surface area contributed by atoms with Crippen LogP contribution < -0.4 is 11.1 Å². The molecule has 152 valence electrons. The Morgan fingerprint density at radius 1 is 1.07 bits per heavy atom. The Morgan fingerprint density at radius 3 is 2.34 bits per heavy atom. The summed E-state index contributed by atoms with van der Waals surface area (Å²) in [6.45, 7) is -1.29. The zero-order valence-electron chi connectivity index (χ0n) is 15.4. The molecule has 0 atom stereocenters. The first kappa shape index (κ1) is 21.8. The first-order valence-electron chi connectivity index (χ1n) is 8.50. The van der Waals surface area contributed by atoms with E-state index in [1.807, 2.05) is 13.0 Å². The average molecular weight is 406 g/mol. The monoisotopic (exact) mass is 406 g/mol. The lowest BCUT2D eigenvalue weighted by Gasteiger charge is -2.11. The van der Waals surface area contributed by atoms with E-state index in [1.54, 1.807) is 30.3 Å². The molecule has 0 unspecified atom stereocenters. The van der Waals surface area contributed by atoms with Gasteiger partial charge in [0.05, 0.1) is 18.1 Å². The van der Waals surface area contributed by atoms with Crippen molar-refractivity contribution in [3.63, 3.8) is 0 Å². The second-order valence-corrected chi connectivity index (χ2v) is 5.67. The van der Waals surface area contributed by atoms with Crippen LogP contribution in [0.25, 0.3) is 22.4 Å². The van der Waals surface area contributed by atoms with Gasteiger partial charge in [-0.3, -0.25) is 9.78 Å². The summed E-state index contributed by atoms with van der Waals surface area (Å²) in [5, 5.41) is 2.77. The number of nitrogen functional groups attached to an aromatic ring is 1. The summed E-state index contributed by atoms with van der Waals surface area (Å²) in [7, 11) is 0. The van der Waals surface area contributed by atoms with Crippen molar-refractivity contribution >= 4 is 11.7 Å². The van der Waals surface area contributed by atoms with Gasteiger partial charge in [-0.05, 0) is 36.2 Å². The highest BCUT2D eigenvalue weighted by Gasteiger charge is 2.14. The van der Waals surface area contributed by atoms with E-state index in [-0.39, 0.29) is 11.7 Å². The lowest BCUT2D eigenvalue weighted by Crippen LogP contribution is -2.23. The Labute approximate surface area is 164 Å². The van der Waals surface area contributed by atoms with Gasteiger partial charge in [0.25, 0.3) is 5.91 Å². The first-order chi connectivity index (χ1) is 13.8. The fourth-order valence-corrected chi connectivity index (χ4v) is 2.56. The van der Waals surface area contributed by atoms with Crippen molar-refractivity contribution in [2.24, 2.45) is 0 Å². The Bertz CT molecular complexity index is 962. The number of nitrogens with zero attached hydrogens (tertiary/aromatic N) is 2. The molecule has 2 aromatic carbocycles. The van der Waals surface area contributed by atoms with Crippen molar-refractivity contribution in [2.45, 2.75) is 13.6 Å². The predicted octanol–water partition coefficient (Wildman–Crippen LogP) is 4.46. The van der Waals surface area contributed by atoms with Gasteiger partial charge in [0.15, 0.2) is 0 Å². The van der Waals surface area contributed by atoms with Gasteiger partial charge in [0, 0.05) is 17.7 Å². The molecule has 0 aliphatic heterocycles. The molecule has 9 heteroatoms. The third kappa shape index (κ3) is 6.00. The fourth-order valence-electron chi connectivity index (χ4n) is 2.56. The van der Waals surface area contributed by atoms with Crippen molar-refractivity contribution < 1.29 is 22.4 Å². The number of rotatable bonds is 4. The molecule has 0 radical (unpaired) electrons. The number of carbonyl (C=O) groups is 1. The molecule has 0 fully saturated rings. The fraction of sp³-hybridized carbons (Fsp3) is 0.150. The zero-order chi connectivity index (χ0) is 21.4. The number of carbonyl (C=O) groups excluding carboxylic acids is 1. The maximum atomic E-state index is 14.6. The SMILES string of the molecule is CCNC(=O)c1ccccc1-c1ccc(-c2cnc(N)cn2)c(F)c1.FC(F)F. The molecule has 1 amide bonds. The summed E-state index contributed by atoms with van der Waals surface area (Å²) < 4.78 is 43.6. The summed E-state index contributed by atoms with van der Waals surface area (Å²) in [5.41, 5.74) is 8.02. The van der Waals surface area contributed by atoms with E-state index in [4.69, 9.17) is 5.73 Å². The first-order valence-corrected chi connectivity index (χ1v) is 8.50. The van der Waals surface area contributed by atoms with Crippen molar-refractivity contribution in [1.29, 1.82) is 0 Å². The summed E-state index contributed by atoms with van der Waals surface area (Å²) in [6, 6.07) is 11.9. The molecule has 3 rings (SSSR count). The number of hydrogen-bond donors (Lipinski definition) is 2. The molecule has 1 aromatic heterocycles. The van der Waals surface area contributed by atoms with Crippen LogP contribution >= 0.6 is 0 Å². The van der Waals surface area contributed by atoms with Gasteiger partial charge in [-0.25, -0.2) is 9.37 Å². The van der Waals surface area contributed by atoms with Gasteiger partial charge < -0.3 is 11.1 Å². The molecule has 0 aliphatic carbocycles. The van der Waals surface area contributed by atoms with E-state index in [2.05, 4.69) is 15.3 Å². The molecule has 5 nitrogen and oxygen atoms in total. The number of halogens is 4. The smallest absolute Gasteiger partial charge is 0.379 e. The van der Waals surface area contributed by atoms with Crippen LogP contribution in [0, 0.1) is 5.82 Å². The maximum Gasteiger partial charge on any atom is 0.379 e. The number of alkyl halides is 3. The van der Waals surface area contributed by atoms with Crippen LogP contribution in [-0.4, -0.2) is 29.1 Å². The van der Waals surface area contributed by atoms with E-state index >= 15 is 0 Å². The Hall–Kier alpha value is -3.49. The van der Waals surface area contributed by atoms with Gasteiger partial charge in [-0.1, -0.05) is 24.3 Å². The predicted molar refractivity (Wildman–Crippen MR) is 102 cm³/mol. The minimum absolute atomic E-state index is 0.188. The van der Waals surface area contributed by atoms with Crippen LogP contribution in [-0.2, 0) is 0 Å². The number of amides is 1. The van der Waals surface area contributed by atoms with Gasteiger partial charge in [0.2, 0.25) is 0 Å². The van der Waals surface area contributed by atoms with E-state index in [0.29, 0.717) is 34.5 Å². The van der Waals surface area contributed by atoms with Crippen molar-refractivity contribution in [3.05, 3.63) is 66.2 Å². The van der Waals surface area contributed by atoms with E-state index in [9.17, 15) is 22.4 Å². The van der Waals surface area contributed by atoms with Crippen LogP contribution in [0.3, 0.4) is 0 Å². The number of aromatic nitrogens is 2. The van der Waals surface area contributed by atoms with E-state index < -0.39 is 12.5 Å². The maximum absolute atomic E-state index is 14.6. The summed E-state index contributed by atoms with van der Waals surface area (Å²) in [4.78, 5) is 20.2. The second-order valence-electron chi connectivity index (χ2n) is 5.67. The van der Waals surface area contributed by atoms with Crippen molar-refractivity contribution in [2.75, 3.05) is 12.3 Å². The zero-order valence-corrected chi connectivity index (χ0v) is 15.4. The Balaban J connectivity index is 0.000000687. The van der Waals surface area contributed by atoms with E-state index in [1.165, 1.54) is 18.5 Å². The highest BCUT2D eigenvalue weighted by molar-refractivity contribution is 6.00. The number of benzene rings is 2. The summed E-state index contributed by atoms with van der Waals surface area (Å²) in [5.74, 6) is -0.356. The Kier molecular flexibility index (Phi) is 7.64. The Morgan fingerprint density at radius 2 is 1.76 bits per heavy atom. The second kappa shape index (κ2) is 10.2. The molecule has 1 heterocycles. The molecular weight excluding hydrogens is 388 g/mol. The largest absolute Gasteiger partial charge is 0.382 e. The molecule has 3 aromatic rings. The standard InChI is InChI=1S/C19H17FN4O.CHF3/c1-2-22-19(25)14-6-4-3-5-13(14)12-7-8-15(16(20)9-12)17-10-24-18(21)11-23-17;2-1(3)4/h3-11H,2H2,1H3,(H2,21,24)(H,22,25);1H. The van der Waals surface area contributed by atoms with E-state index in [0.717, 1.165) is 0 Å². The quantitative estimate of drug-likeness (QED) is 0.627. The minimum Gasteiger partial charge on any atom is -0.382 e. The summed E-state index contributed by atoms with van der Waals surface area (Å²) >= 11 is 0. The third-order valence-corrected chi connectivity index (χ3v) is 3.74. The van der Waals surface area contributed by atoms with Crippen LogP contribution in [0.2, 0.25) is 0 Å². The number of hydrogen-bond acceptors (Lipinski definition) is 4. The van der Waals surface area contributed by atoms with Crippen molar-refractivity contribution in [1.82, 2.24) is 15.3 Å². The number of anilines is 1. The van der Waals surface area contributed by atoms with Gasteiger partial charge in [0.1, 0.15) is 11.6 Å². The van der Waals surface area contributed by atoms with Crippen LogP contribution in [0.4, 0.5) is 23.4 Å². The van der Waals surface area contributed by atoms with Crippen LogP contribution in [0.15, 0.2) is 54.9 Å². The third-order valence-electron chi connectivity index (χ3n) is 3.74. The van der Waals surface area contributed by atoms with Crippen molar-refractivity contribution in [3.8, 4) is 22.4 Å². The van der Waals surface area contributed by atoms with Gasteiger partial charge >= 0.3 is 6.68 Å². The molecule has 29 heavy (non-hydrogen) atoms. The van der Waals surface area contributed by atoms with Crippen LogP contribution in [0.1, 0.15) is 17.3 Å². The summed E-state index contributed by atoms with van der Waals surface area (Å²) in [6.07, 6.45) is 2.81. The van der Waals surface area contributed by atoms with Crippen LogP contribution in [0.5, 0.6) is 0 Å². The molecule has 0 aliphatic rings. The molecule has 0 spiro atoms. The molecule has 3 N–H and O–H groups in total. The lowest BCUT2D eigenvalue weighted by atomic mass is 9.97. The lowest BCUT2D eigenvalue weighted by molar-refractivity contribution is 0.00818. The highest BCUT2D eigenvalue weighted by Crippen LogP contribution is 2.29. The molecule has 0 saturated carbocycles. The number of nitrogens with one attached hydrogen (secondary N) is 1. The minimum atomic E-state index is -3.67. The molecule has 0 saturated heterocycles. The molecular formula is C20H18F4N4O. The average Bonchev–Trinajstić information content (AvgIpc) is 2.68. The van der Waals surface area contributed by atoms with Gasteiger partial charge in [-0.15, -0.1) is 0 Å². The topological polar surface area (TPSA) is 80.9 Å². The van der Waals surface area contributed by atoms with Gasteiger partial charge in [-0.2, -0.15) is 13.2 Å². The normalized spacial score (nSPS) is 10.3. The highest BCUT2D eigenvalue weighted by atomic mass is 19.4. The molecule has 0 bridgehead atoms.